The van der Waals surface area contributed by atoms with Crippen molar-refractivity contribution in [2.45, 2.75) is 23.3 Å². The lowest BCUT2D eigenvalue weighted by Gasteiger charge is -2.14. The molecule has 0 aromatic heterocycles. The number of nitrogens with two attached hydrogens (primary N) is 2. The van der Waals surface area contributed by atoms with Crippen molar-refractivity contribution in [1.29, 1.82) is 0 Å². The van der Waals surface area contributed by atoms with Crippen LogP contribution in [0.1, 0.15) is 16.7 Å². The van der Waals surface area contributed by atoms with Crippen molar-refractivity contribution < 1.29 is 50.2 Å². The fourth-order valence-corrected chi connectivity index (χ4v) is 8.04. The van der Waals surface area contributed by atoms with Gasteiger partial charge in [-0.2, -0.15) is 8.42 Å². The number of primary sulfonamides is 2. The first-order valence-electron chi connectivity index (χ1n) is 15.9. The predicted molar refractivity (Wildman–Crippen MR) is 207 cm³/mol. The van der Waals surface area contributed by atoms with Crippen LogP contribution < -0.4 is 15.6 Å². The molecule has 6 aromatic carbocycles. The second-order valence-electron chi connectivity index (χ2n) is 12.6. The van der Waals surface area contributed by atoms with E-state index in [1.165, 1.54) is 60.7 Å². The quantitative estimate of drug-likeness (QED) is 0.0511. The van der Waals surface area contributed by atoms with Crippen LogP contribution in [0, 0.1) is 6.92 Å². The van der Waals surface area contributed by atoms with Gasteiger partial charge in [0.1, 0.15) is 44.9 Å². The third kappa shape index (κ3) is 8.83. The largest absolute Gasteiger partial charge is 0.506 e. The molecule has 0 unspecified atom stereocenters. The van der Waals surface area contributed by atoms with E-state index >= 15 is 0 Å². The number of hydrogen-bond acceptors (Lipinski definition) is 15. The molecule has 0 spiro atoms. The van der Waals surface area contributed by atoms with Crippen LogP contribution in [0.5, 0.6) is 23.0 Å². The van der Waals surface area contributed by atoms with Crippen molar-refractivity contribution in [3.63, 3.8) is 0 Å². The van der Waals surface area contributed by atoms with E-state index < -0.39 is 63.8 Å². The monoisotopic (exact) mass is 821 g/mol. The molecular weight excluding hydrogens is 791 g/mol. The van der Waals surface area contributed by atoms with Crippen molar-refractivity contribution in [3.8, 4) is 23.0 Å². The zero-order chi connectivity index (χ0) is 40.7. The Morgan fingerprint density at radius 1 is 0.607 bits per heavy atom. The fraction of sp³-hybridized carbons (Fsp3) is 0.0857. The Kier molecular flexibility index (Phi) is 10.4. The SMILES string of the molecule is Cc1cc(/N=N/c2cc(CS(N)(=O)=O)ccc2O)c(O)c2ccc(Nc3ccc4c(S(=O)(=O)O)c(/N=N/c5c(O)cccc5CS(N)(=O)=O)c(O)cc4c3)cc12. The van der Waals surface area contributed by atoms with E-state index in [2.05, 4.69) is 25.8 Å². The van der Waals surface area contributed by atoms with Gasteiger partial charge in [0.05, 0.1) is 11.5 Å². The van der Waals surface area contributed by atoms with E-state index in [9.17, 15) is 50.2 Å². The summed E-state index contributed by atoms with van der Waals surface area (Å²) in [6.07, 6.45) is 0. The molecule has 0 aliphatic heterocycles. The van der Waals surface area contributed by atoms with Crippen LogP contribution in [0.2, 0.25) is 0 Å². The van der Waals surface area contributed by atoms with Crippen LogP contribution >= 0.6 is 0 Å². The van der Waals surface area contributed by atoms with Gasteiger partial charge in [-0.1, -0.05) is 24.3 Å². The Labute approximate surface area is 319 Å². The van der Waals surface area contributed by atoms with Crippen molar-refractivity contribution in [3.05, 3.63) is 102 Å². The molecule has 0 aliphatic carbocycles. The molecule has 6 rings (SSSR count). The van der Waals surface area contributed by atoms with Crippen molar-refractivity contribution in [1.82, 2.24) is 0 Å². The van der Waals surface area contributed by atoms with Crippen LogP contribution in [-0.4, -0.2) is 50.2 Å². The van der Waals surface area contributed by atoms with Crippen molar-refractivity contribution in [2.75, 3.05) is 5.32 Å². The average molecular weight is 822 g/mol. The summed E-state index contributed by atoms with van der Waals surface area (Å²) >= 11 is 0. The van der Waals surface area contributed by atoms with Crippen molar-refractivity contribution >= 4 is 85.8 Å². The number of phenols is 4. The van der Waals surface area contributed by atoms with Gasteiger partial charge in [-0.3, -0.25) is 4.55 Å². The van der Waals surface area contributed by atoms with Crippen LogP contribution in [0.15, 0.2) is 110 Å². The normalized spacial score (nSPS) is 12.6. The molecule has 56 heavy (non-hydrogen) atoms. The summed E-state index contributed by atoms with van der Waals surface area (Å²) in [4.78, 5) is -0.803. The highest BCUT2D eigenvalue weighted by atomic mass is 32.2. The molecular formula is C35H31N7O11S3. The first kappa shape index (κ1) is 39.5. The number of hydrogen-bond donors (Lipinski definition) is 8. The topological polar surface area (TPSA) is 317 Å². The molecule has 0 aliphatic rings. The standard InChI is InChI=1S/C35H31N7O11S3/c1-18-11-28(40-39-27-12-19(5-10-29(27)43)16-54(36,47)48)34(46)25-9-7-23(15-26(18)25)38-22-6-8-24-21(13-22)14-31(45)33(35(24)56(51,52)53)42-41-32-20(17-55(37,49)50)3-2-4-30(32)44/h2-15,38,43-46H,16-17H2,1H3,(H2,36,47,48)(H2,37,49,50)(H,51,52,53)/b40-39+,42-41+. The highest BCUT2D eigenvalue weighted by Gasteiger charge is 2.24. The third-order valence-corrected chi connectivity index (χ3v) is 10.6. The number of phenolic OH excluding ortho intramolecular Hbond substituents is 4. The number of nitrogens with zero attached hydrogens (tertiary/aromatic N) is 4. The van der Waals surface area contributed by atoms with E-state index in [-0.39, 0.29) is 50.5 Å². The van der Waals surface area contributed by atoms with Crippen LogP contribution in [-0.2, 0) is 41.7 Å². The third-order valence-electron chi connectivity index (χ3n) is 8.27. The van der Waals surface area contributed by atoms with Crippen molar-refractivity contribution in [2.24, 2.45) is 30.7 Å². The first-order chi connectivity index (χ1) is 26.2. The Morgan fingerprint density at radius 3 is 1.93 bits per heavy atom. The lowest BCUT2D eigenvalue weighted by atomic mass is 10.0. The maximum atomic E-state index is 12.6. The summed E-state index contributed by atoms with van der Waals surface area (Å²) in [6.45, 7) is 1.76. The molecule has 0 saturated heterocycles. The number of aryl methyl sites for hydroxylation is 1. The van der Waals surface area contributed by atoms with Crippen LogP contribution in [0.4, 0.5) is 34.1 Å². The Morgan fingerprint density at radius 2 is 1.25 bits per heavy atom. The van der Waals surface area contributed by atoms with Gasteiger partial charge in [0.2, 0.25) is 20.0 Å². The maximum absolute atomic E-state index is 12.6. The van der Waals surface area contributed by atoms with E-state index in [1.54, 1.807) is 31.2 Å². The number of azo groups is 2. The second kappa shape index (κ2) is 14.8. The number of benzene rings is 6. The minimum Gasteiger partial charge on any atom is -0.506 e. The maximum Gasteiger partial charge on any atom is 0.297 e. The zero-order valence-electron chi connectivity index (χ0n) is 28.9. The number of fused-ring (bicyclic) bond motifs is 2. The molecule has 0 fully saturated rings. The molecule has 0 saturated carbocycles. The minimum absolute atomic E-state index is 0.0419. The van der Waals surface area contributed by atoms with Gasteiger partial charge in [0.25, 0.3) is 10.1 Å². The molecule has 6 aromatic rings. The summed E-state index contributed by atoms with van der Waals surface area (Å²) < 4.78 is 81.9. The lowest BCUT2D eigenvalue weighted by molar-refractivity contribution is 0.468. The molecule has 290 valence electrons. The zero-order valence-corrected chi connectivity index (χ0v) is 31.3. The second-order valence-corrected chi connectivity index (χ2v) is 17.1. The summed E-state index contributed by atoms with van der Waals surface area (Å²) in [7, 11) is -13.0. The van der Waals surface area contributed by atoms with E-state index in [0.29, 0.717) is 27.7 Å². The molecule has 0 atom stereocenters. The van der Waals surface area contributed by atoms with Gasteiger partial charge in [0, 0.05) is 22.1 Å². The number of sulfonamides is 2. The van der Waals surface area contributed by atoms with E-state index in [1.807, 2.05) is 0 Å². The van der Waals surface area contributed by atoms with Gasteiger partial charge in [0.15, 0.2) is 5.75 Å². The first-order valence-corrected chi connectivity index (χ1v) is 20.8. The fourth-order valence-electron chi connectivity index (χ4n) is 5.88. The highest BCUT2D eigenvalue weighted by Crippen LogP contribution is 2.44. The Bertz CT molecular complexity index is 2990. The van der Waals surface area contributed by atoms with Gasteiger partial charge < -0.3 is 25.7 Å². The van der Waals surface area contributed by atoms with Gasteiger partial charge in [-0.05, 0) is 95.1 Å². The molecule has 0 bridgehead atoms. The highest BCUT2D eigenvalue weighted by molar-refractivity contribution is 7.88. The molecule has 18 nitrogen and oxygen atoms in total. The number of anilines is 2. The molecule has 21 heteroatoms. The predicted octanol–water partition coefficient (Wildman–Crippen LogP) is 6.52. The van der Waals surface area contributed by atoms with Gasteiger partial charge in [-0.25, -0.2) is 27.1 Å². The molecule has 0 heterocycles. The Balaban J connectivity index is 1.32. The summed E-state index contributed by atoms with van der Waals surface area (Å²) in [5.41, 5.74) is 0.838. The van der Waals surface area contributed by atoms with Crippen LogP contribution in [0.3, 0.4) is 0 Å². The number of nitrogens with one attached hydrogen (secondary N) is 1. The number of aromatic hydroxyl groups is 4. The molecule has 0 amide bonds. The summed E-state index contributed by atoms with van der Waals surface area (Å²) in [5.74, 6) is -2.94. The van der Waals surface area contributed by atoms with E-state index in [4.69, 9.17) is 10.3 Å². The van der Waals surface area contributed by atoms with Gasteiger partial charge in [-0.15, -0.1) is 20.5 Å². The lowest BCUT2D eigenvalue weighted by Crippen LogP contribution is -2.14. The van der Waals surface area contributed by atoms with E-state index in [0.717, 1.165) is 0 Å². The average Bonchev–Trinajstić information content (AvgIpc) is 3.08. The smallest absolute Gasteiger partial charge is 0.297 e. The van der Waals surface area contributed by atoms with Crippen LogP contribution in [0.25, 0.3) is 21.5 Å². The minimum atomic E-state index is -5.06. The Hall–Kier alpha value is -6.23. The summed E-state index contributed by atoms with van der Waals surface area (Å²) in [6, 6.07) is 19.8. The molecule has 10 N–H and O–H groups in total. The van der Waals surface area contributed by atoms with Gasteiger partial charge >= 0.3 is 0 Å². The molecule has 0 radical (unpaired) electrons. The summed E-state index contributed by atoms with van der Waals surface area (Å²) in [5, 5.41) is 72.7. The number of rotatable bonds is 11.